The number of hydrogen-bond acceptors (Lipinski definition) is 3. The fraction of sp³-hybridized carbons (Fsp3) is 0.125. The molecule has 0 saturated carbocycles. The van der Waals surface area contributed by atoms with E-state index >= 15 is 0 Å². The lowest BCUT2D eigenvalue weighted by Gasteiger charge is -2.07. The summed E-state index contributed by atoms with van der Waals surface area (Å²) in [6, 6.07) is 4.51. The van der Waals surface area contributed by atoms with Crippen LogP contribution in [0.4, 0.5) is 10.1 Å². The number of rotatable bonds is 0. The smallest absolute Gasteiger partial charge is 0.288 e. The first-order valence-corrected chi connectivity index (χ1v) is 3.61. The minimum Gasteiger partial charge on any atom is -0.288 e. The van der Waals surface area contributed by atoms with Crippen LogP contribution in [0.1, 0.15) is 5.56 Å². The summed E-state index contributed by atoms with van der Waals surface area (Å²) >= 11 is 0. The molecular weight excluding hydrogens is 157 g/mol. The first-order valence-electron chi connectivity index (χ1n) is 3.61. The summed E-state index contributed by atoms with van der Waals surface area (Å²) in [4.78, 5) is 3.93. The van der Waals surface area contributed by atoms with Gasteiger partial charge in [0.25, 0.3) is 0 Å². The monoisotopic (exact) mass is 165 g/mol. The first kappa shape index (κ1) is 7.09. The summed E-state index contributed by atoms with van der Waals surface area (Å²) in [5, 5.41) is 2.85. The maximum Gasteiger partial charge on any atom is 0.382 e. The minimum absolute atomic E-state index is 0.244. The van der Waals surface area contributed by atoms with E-state index in [1.54, 1.807) is 6.07 Å². The summed E-state index contributed by atoms with van der Waals surface area (Å²) < 4.78 is 12.7. The molecule has 4 heteroatoms. The number of nitrogens with zero attached hydrogens (tertiary/aromatic N) is 1. The maximum absolute atomic E-state index is 12.7. The number of hydrogen-bond donors (Lipinski definition) is 2. The molecule has 0 amide bonds. The Balaban J connectivity index is 2.43. The Morgan fingerprint density at radius 1 is 1.50 bits per heavy atom. The van der Waals surface area contributed by atoms with Crippen LogP contribution >= 0.6 is 0 Å². The molecule has 0 atom stereocenters. The third-order valence-corrected chi connectivity index (χ3v) is 1.75. The van der Waals surface area contributed by atoms with Crippen LogP contribution in [0.5, 0.6) is 0 Å². The van der Waals surface area contributed by atoms with E-state index in [9.17, 15) is 4.39 Å². The molecular formula is C8H8FN3+. The average molecular weight is 165 g/mol. The highest BCUT2D eigenvalue weighted by Crippen LogP contribution is 2.18. The summed E-state index contributed by atoms with van der Waals surface area (Å²) in [6.07, 6.45) is 0. The fourth-order valence-electron chi connectivity index (χ4n) is 1.16. The molecule has 1 aromatic rings. The lowest BCUT2D eigenvalue weighted by atomic mass is 10.1. The minimum atomic E-state index is -0.244. The van der Waals surface area contributed by atoms with Gasteiger partial charge in [0, 0.05) is 5.56 Å². The van der Waals surface area contributed by atoms with Gasteiger partial charge in [-0.2, -0.15) is 0 Å². The molecule has 0 fully saturated rings. The van der Waals surface area contributed by atoms with Crippen LogP contribution in [0.15, 0.2) is 18.2 Å². The molecule has 2 rings (SSSR count). The Kier molecular flexibility index (Phi) is 1.46. The number of halogens is 1. The molecule has 61 valence electrons. The molecule has 1 aliphatic rings. The highest BCUT2D eigenvalue weighted by atomic mass is 19.1. The van der Waals surface area contributed by atoms with Crippen LogP contribution in [-0.2, 0) is 6.54 Å². The average Bonchev–Trinajstić information content (AvgIpc) is 2.05. The zero-order valence-electron chi connectivity index (χ0n) is 6.34. The van der Waals surface area contributed by atoms with E-state index in [1.165, 1.54) is 12.1 Å². The van der Waals surface area contributed by atoms with Crippen LogP contribution in [0.3, 0.4) is 0 Å². The maximum atomic E-state index is 12.7. The molecule has 0 aliphatic carbocycles. The largest absolute Gasteiger partial charge is 0.382 e. The van der Waals surface area contributed by atoms with Gasteiger partial charge in [-0.25, -0.2) is 9.71 Å². The molecule has 1 aromatic carbocycles. The Morgan fingerprint density at radius 3 is 3.17 bits per heavy atom. The molecule has 3 N–H and O–H groups in total. The van der Waals surface area contributed by atoms with E-state index in [0.717, 1.165) is 11.3 Å². The van der Waals surface area contributed by atoms with Crippen molar-refractivity contribution in [1.29, 1.82) is 0 Å². The number of guanidine groups is 1. The van der Waals surface area contributed by atoms with E-state index in [1.807, 2.05) is 0 Å². The van der Waals surface area contributed by atoms with Gasteiger partial charge in [0.05, 0.1) is 0 Å². The molecule has 0 spiro atoms. The van der Waals surface area contributed by atoms with Crippen LogP contribution in [0.25, 0.3) is 0 Å². The number of anilines is 1. The van der Waals surface area contributed by atoms with E-state index in [0.29, 0.717) is 12.5 Å². The molecule has 12 heavy (non-hydrogen) atoms. The van der Waals surface area contributed by atoms with Gasteiger partial charge in [0.2, 0.25) is 0 Å². The Hall–Kier alpha value is -1.58. The second-order valence-electron chi connectivity index (χ2n) is 2.63. The molecule has 1 aliphatic heterocycles. The van der Waals surface area contributed by atoms with Gasteiger partial charge < -0.3 is 0 Å². The van der Waals surface area contributed by atoms with Crippen LogP contribution in [-0.4, -0.2) is 5.96 Å². The van der Waals surface area contributed by atoms with Crippen LogP contribution < -0.4 is 16.0 Å². The lowest BCUT2D eigenvalue weighted by molar-refractivity contribution is 0.625. The second kappa shape index (κ2) is 2.48. The van der Waals surface area contributed by atoms with Crippen molar-refractivity contribution in [2.45, 2.75) is 6.54 Å². The van der Waals surface area contributed by atoms with Crippen molar-refractivity contribution in [3.8, 4) is 0 Å². The van der Waals surface area contributed by atoms with Crippen molar-refractivity contribution in [3.63, 3.8) is 0 Å². The van der Waals surface area contributed by atoms with Crippen molar-refractivity contribution in [1.82, 2.24) is 4.99 Å². The SMILES string of the molecule is NC1=[N+]Cc2cc(F)ccc2N1. The molecule has 3 nitrogen and oxygen atoms in total. The first-order chi connectivity index (χ1) is 5.75. The lowest BCUT2D eigenvalue weighted by Crippen LogP contribution is -2.31. The number of nitrogens with two attached hydrogens (primary N) is 1. The fourth-order valence-corrected chi connectivity index (χ4v) is 1.16. The number of benzene rings is 1. The predicted octanol–water partition coefficient (Wildman–Crippen LogP) is 0.402. The molecule has 0 saturated heterocycles. The molecule has 0 bridgehead atoms. The third kappa shape index (κ3) is 1.11. The standard InChI is InChI=1S/C8H8FN3/c9-6-1-2-7-5(3-6)4-11-8(10)12-7/h1-3,12H,4,10H2/q+1. The quantitative estimate of drug-likeness (QED) is 0.584. The third-order valence-electron chi connectivity index (χ3n) is 1.75. The van der Waals surface area contributed by atoms with Gasteiger partial charge in [-0.05, 0) is 18.2 Å². The van der Waals surface area contributed by atoms with Gasteiger partial charge in [0.1, 0.15) is 18.0 Å². The summed E-state index contributed by atoms with van der Waals surface area (Å²) in [5.41, 5.74) is 7.11. The summed E-state index contributed by atoms with van der Waals surface area (Å²) in [7, 11) is 0. The van der Waals surface area contributed by atoms with Crippen LogP contribution in [0.2, 0.25) is 0 Å². The van der Waals surface area contributed by atoms with E-state index in [-0.39, 0.29) is 5.82 Å². The Morgan fingerprint density at radius 2 is 2.33 bits per heavy atom. The molecule has 0 unspecified atom stereocenters. The Labute approximate surface area is 69.1 Å². The van der Waals surface area contributed by atoms with Crippen molar-refractivity contribution in [3.05, 3.63) is 29.6 Å². The van der Waals surface area contributed by atoms with E-state index in [4.69, 9.17) is 5.73 Å². The van der Waals surface area contributed by atoms with Crippen molar-refractivity contribution >= 4 is 11.6 Å². The number of aliphatic imine (C=N–C) groups is 1. The van der Waals surface area contributed by atoms with Crippen molar-refractivity contribution < 1.29 is 4.39 Å². The topological polar surface area (TPSA) is 52.2 Å². The zero-order valence-corrected chi connectivity index (χ0v) is 6.34. The highest BCUT2D eigenvalue weighted by molar-refractivity contribution is 5.93. The van der Waals surface area contributed by atoms with Gasteiger partial charge in [0.15, 0.2) is 0 Å². The van der Waals surface area contributed by atoms with Gasteiger partial charge in [-0.3, -0.25) is 5.73 Å². The molecule has 1 radical (unpaired) electrons. The summed E-state index contributed by atoms with van der Waals surface area (Å²) in [6.45, 7) is 0.450. The highest BCUT2D eigenvalue weighted by Gasteiger charge is 2.15. The van der Waals surface area contributed by atoms with Crippen molar-refractivity contribution in [2.75, 3.05) is 5.32 Å². The molecule has 0 aromatic heterocycles. The zero-order chi connectivity index (χ0) is 8.55. The number of fused-ring (bicyclic) bond motifs is 1. The van der Waals surface area contributed by atoms with Crippen molar-refractivity contribution in [2.24, 2.45) is 5.73 Å². The van der Waals surface area contributed by atoms with E-state index in [2.05, 4.69) is 10.3 Å². The Bertz CT molecular complexity index is 346. The van der Waals surface area contributed by atoms with Gasteiger partial charge in [-0.1, -0.05) is 0 Å². The van der Waals surface area contributed by atoms with E-state index < -0.39 is 0 Å². The predicted molar refractivity (Wildman–Crippen MR) is 45.1 cm³/mol. The molecule has 1 heterocycles. The summed E-state index contributed by atoms with van der Waals surface area (Å²) in [5.74, 6) is 0.139. The van der Waals surface area contributed by atoms with Gasteiger partial charge >= 0.3 is 5.96 Å². The second-order valence-corrected chi connectivity index (χ2v) is 2.63. The van der Waals surface area contributed by atoms with Crippen LogP contribution in [0, 0.1) is 5.82 Å². The normalized spacial score (nSPS) is 14.6. The number of nitrogens with one attached hydrogen (secondary N) is 1. The van der Waals surface area contributed by atoms with Gasteiger partial charge in [-0.15, -0.1) is 4.99 Å².